The topological polar surface area (TPSA) is 62.3 Å². The number of nitrogens with one attached hydrogen (secondary N) is 1. The van der Waals surface area contributed by atoms with Crippen molar-refractivity contribution in [3.63, 3.8) is 0 Å². The fourth-order valence-corrected chi connectivity index (χ4v) is 4.47. The fraction of sp³-hybridized carbons (Fsp3) is 0.350. The zero-order chi connectivity index (χ0) is 17.9. The van der Waals surface area contributed by atoms with Crippen LogP contribution in [-0.2, 0) is 16.1 Å². The van der Waals surface area contributed by atoms with Gasteiger partial charge in [-0.15, -0.1) is 11.3 Å². The first-order valence-electron chi connectivity index (χ1n) is 8.92. The van der Waals surface area contributed by atoms with Gasteiger partial charge in [-0.05, 0) is 24.3 Å². The molecule has 3 atom stereocenters. The molecule has 1 saturated heterocycles. The molecular formula is C20H21N3O2S. The van der Waals surface area contributed by atoms with Gasteiger partial charge in [0.15, 0.2) is 5.13 Å². The highest BCUT2D eigenvalue weighted by molar-refractivity contribution is 7.13. The molecule has 2 aromatic rings. The van der Waals surface area contributed by atoms with Crippen LogP contribution in [0.5, 0.6) is 0 Å². The minimum Gasteiger partial charge on any atom is -0.338 e. The summed E-state index contributed by atoms with van der Waals surface area (Å²) < 4.78 is 0. The molecule has 6 heteroatoms. The van der Waals surface area contributed by atoms with Gasteiger partial charge in [0.25, 0.3) is 0 Å². The van der Waals surface area contributed by atoms with Crippen LogP contribution in [0.3, 0.4) is 0 Å². The second kappa shape index (κ2) is 7.41. The maximum atomic E-state index is 13.2. The standard InChI is InChI=1S/C20H21N3O2S/c24-18(22-20-21-10-12-26-20)16-8-4-7-15-9-11-23(19(25)17(15)16)13-14-5-2-1-3-6-14/h1-7,10,12,15-17H,8-9,11,13H2,(H,21,22,24). The minimum atomic E-state index is -0.333. The number of rotatable bonds is 4. The van der Waals surface area contributed by atoms with Crippen LogP contribution in [0.25, 0.3) is 0 Å². The van der Waals surface area contributed by atoms with Crippen molar-refractivity contribution in [3.8, 4) is 0 Å². The van der Waals surface area contributed by atoms with Gasteiger partial charge in [-0.25, -0.2) is 4.98 Å². The van der Waals surface area contributed by atoms with E-state index in [1.54, 1.807) is 6.20 Å². The maximum absolute atomic E-state index is 13.2. The number of piperidine rings is 1. The van der Waals surface area contributed by atoms with Gasteiger partial charge in [0.2, 0.25) is 11.8 Å². The summed E-state index contributed by atoms with van der Waals surface area (Å²) in [5, 5.41) is 5.29. The van der Waals surface area contributed by atoms with E-state index in [9.17, 15) is 9.59 Å². The molecule has 0 saturated carbocycles. The Kier molecular flexibility index (Phi) is 4.84. The maximum Gasteiger partial charge on any atom is 0.230 e. The zero-order valence-electron chi connectivity index (χ0n) is 14.4. The SMILES string of the molecule is O=C(Nc1nccs1)C1CC=CC2CCN(Cc3ccccc3)C(=O)C21. The molecule has 2 amide bonds. The zero-order valence-corrected chi connectivity index (χ0v) is 15.2. The number of carbonyl (C=O) groups is 2. The smallest absolute Gasteiger partial charge is 0.230 e. The molecule has 0 radical (unpaired) electrons. The highest BCUT2D eigenvalue weighted by Crippen LogP contribution is 2.38. The summed E-state index contributed by atoms with van der Waals surface area (Å²) in [5.41, 5.74) is 1.12. The Hall–Kier alpha value is -2.47. The van der Waals surface area contributed by atoms with E-state index in [1.807, 2.05) is 46.7 Å². The normalized spacial score (nSPS) is 25.0. The van der Waals surface area contributed by atoms with E-state index in [2.05, 4.69) is 16.4 Å². The summed E-state index contributed by atoms with van der Waals surface area (Å²) >= 11 is 1.39. The molecular weight excluding hydrogens is 346 g/mol. The molecule has 5 nitrogen and oxygen atoms in total. The van der Waals surface area contributed by atoms with E-state index in [0.717, 1.165) is 18.5 Å². The molecule has 1 aliphatic heterocycles. The number of carbonyl (C=O) groups excluding carboxylic acids is 2. The van der Waals surface area contributed by atoms with Crippen molar-refractivity contribution >= 4 is 28.3 Å². The molecule has 1 N–H and O–H groups in total. The van der Waals surface area contributed by atoms with Gasteiger partial charge in [0.05, 0.1) is 11.8 Å². The van der Waals surface area contributed by atoms with Crippen LogP contribution >= 0.6 is 11.3 Å². The van der Waals surface area contributed by atoms with Crippen molar-refractivity contribution in [3.05, 3.63) is 59.6 Å². The van der Waals surface area contributed by atoms with Crippen molar-refractivity contribution in [1.29, 1.82) is 0 Å². The molecule has 2 aliphatic rings. The van der Waals surface area contributed by atoms with E-state index in [-0.39, 0.29) is 29.6 Å². The number of anilines is 1. The quantitative estimate of drug-likeness (QED) is 0.843. The Morgan fingerprint density at radius 2 is 2.15 bits per heavy atom. The molecule has 1 aliphatic carbocycles. The Balaban J connectivity index is 1.51. The first kappa shape index (κ1) is 17.0. The number of thiazole rings is 1. The predicted molar refractivity (Wildman–Crippen MR) is 101 cm³/mol. The largest absolute Gasteiger partial charge is 0.338 e. The molecule has 4 rings (SSSR count). The third kappa shape index (κ3) is 3.42. The van der Waals surface area contributed by atoms with Gasteiger partial charge >= 0.3 is 0 Å². The average molecular weight is 367 g/mol. The lowest BCUT2D eigenvalue weighted by molar-refractivity contribution is -0.147. The monoisotopic (exact) mass is 367 g/mol. The van der Waals surface area contributed by atoms with Crippen LogP contribution in [0.2, 0.25) is 0 Å². The number of hydrogen-bond acceptors (Lipinski definition) is 4. The van der Waals surface area contributed by atoms with E-state index >= 15 is 0 Å². The Labute approximate surface area is 156 Å². The summed E-state index contributed by atoms with van der Waals surface area (Å²) in [7, 11) is 0. The van der Waals surface area contributed by atoms with Gasteiger partial charge in [-0.2, -0.15) is 0 Å². The highest BCUT2D eigenvalue weighted by atomic mass is 32.1. The van der Waals surface area contributed by atoms with Crippen molar-refractivity contribution in [2.75, 3.05) is 11.9 Å². The van der Waals surface area contributed by atoms with Crippen LogP contribution in [-0.4, -0.2) is 28.2 Å². The molecule has 1 fully saturated rings. The van der Waals surface area contributed by atoms with Crippen molar-refractivity contribution < 1.29 is 9.59 Å². The van der Waals surface area contributed by atoms with Crippen molar-refractivity contribution in [2.24, 2.45) is 17.8 Å². The van der Waals surface area contributed by atoms with Gasteiger partial charge in [0.1, 0.15) is 0 Å². The van der Waals surface area contributed by atoms with E-state index < -0.39 is 0 Å². The lowest BCUT2D eigenvalue weighted by atomic mass is 9.71. The molecule has 134 valence electrons. The molecule has 1 aromatic carbocycles. The molecule has 0 spiro atoms. The molecule has 3 unspecified atom stereocenters. The van der Waals surface area contributed by atoms with Gasteiger partial charge in [-0.3, -0.25) is 9.59 Å². The molecule has 1 aromatic heterocycles. The lowest BCUT2D eigenvalue weighted by Crippen LogP contribution is -2.50. The number of likely N-dealkylation sites (tertiary alicyclic amines) is 1. The van der Waals surface area contributed by atoms with E-state index in [1.165, 1.54) is 11.3 Å². The number of aromatic nitrogens is 1. The third-order valence-corrected chi connectivity index (χ3v) is 5.90. The van der Waals surface area contributed by atoms with Gasteiger partial charge < -0.3 is 10.2 Å². The summed E-state index contributed by atoms with van der Waals surface area (Å²) in [6.45, 7) is 1.34. The van der Waals surface area contributed by atoms with E-state index in [0.29, 0.717) is 18.1 Å². The van der Waals surface area contributed by atoms with Crippen LogP contribution < -0.4 is 5.32 Å². The lowest BCUT2D eigenvalue weighted by Gasteiger charge is -2.41. The minimum absolute atomic E-state index is 0.0914. The van der Waals surface area contributed by atoms with Gasteiger partial charge in [-0.1, -0.05) is 42.5 Å². The highest BCUT2D eigenvalue weighted by Gasteiger charge is 2.44. The number of hydrogen-bond donors (Lipinski definition) is 1. The summed E-state index contributed by atoms with van der Waals surface area (Å²) in [6.07, 6.45) is 7.34. The van der Waals surface area contributed by atoms with Crippen LogP contribution in [0, 0.1) is 17.8 Å². The first-order chi connectivity index (χ1) is 12.7. The van der Waals surface area contributed by atoms with Crippen molar-refractivity contribution in [1.82, 2.24) is 9.88 Å². The summed E-state index contributed by atoms with van der Waals surface area (Å²) in [4.78, 5) is 32.0. The number of nitrogens with zero attached hydrogens (tertiary/aromatic N) is 2. The Bertz CT molecular complexity index is 804. The number of amides is 2. The average Bonchev–Trinajstić information content (AvgIpc) is 3.17. The third-order valence-electron chi connectivity index (χ3n) is 5.21. The van der Waals surface area contributed by atoms with Gasteiger partial charge in [0, 0.05) is 24.7 Å². The fourth-order valence-electron chi connectivity index (χ4n) is 3.94. The molecule has 2 heterocycles. The molecule has 26 heavy (non-hydrogen) atoms. The van der Waals surface area contributed by atoms with Crippen LogP contribution in [0.15, 0.2) is 54.1 Å². The Morgan fingerprint density at radius 1 is 1.31 bits per heavy atom. The van der Waals surface area contributed by atoms with Crippen LogP contribution in [0.4, 0.5) is 5.13 Å². The number of allylic oxidation sites excluding steroid dienone is 2. The van der Waals surface area contributed by atoms with E-state index in [4.69, 9.17) is 0 Å². The summed E-state index contributed by atoms with van der Waals surface area (Å²) in [5.74, 6) is -0.476. The number of fused-ring (bicyclic) bond motifs is 1. The Morgan fingerprint density at radius 3 is 2.92 bits per heavy atom. The second-order valence-electron chi connectivity index (χ2n) is 6.82. The first-order valence-corrected chi connectivity index (χ1v) is 9.80. The molecule has 0 bridgehead atoms. The van der Waals surface area contributed by atoms with Crippen LogP contribution in [0.1, 0.15) is 18.4 Å². The summed E-state index contributed by atoms with van der Waals surface area (Å²) in [6, 6.07) is 10.0. The van der Waals surface area contributed by atoms with Crippen molar-refractivity contribution in [2.45, 2.75) is 19.4 Å². The number of benzene rings is 1. The second-order valence-corrected chi connectivity index (χ2v) is 7.72. The predicted octanol–water partition coefficient (Wildman–Crippen LogP) is 3.32.